The monoisotopic (exact) mass is 266 g/mol. The molecule has 0 spiro atoms. The fourth-order valence-corrected chi connectivity index (χ4v) is 4.12. The average Bonchev–Trinajstić information content (AvgIpc) is 3.00. The lowest BCUT2D eigenvalue weighted by Gasteiger charge is -2.31. The van der Waals surface area contributed by atoms with Crippen LogP contribution in [0.3, 0.4) is 0 Å². The van der Waals surface area contributed by atoms with Crippen molar-refractivity contribution < 1.29 is 0 Å². The highest BCUT2D eigenvalue weighted by atomic mass is 15.1. The minimum atomic E-state index is 0.681. The van der Waals surface area contributed by atoms with Crippen LogP contribution < -0.4 is 5.32 Å². The standard InChI is InChI=1S/C17H34N2/c1-4-5-6-9-18-12-14(2)19(3)13-17-11-15-7-8-16(17)10-15/h14-18H,4-13H2,1-3H3. The van der Waals surface area contributed by atoms with E-state index in [4.69, 9.17) is 0 Å². The van der Waals surface area contributed by atoms with E-state index in [-0.39, 0.29) is 0 Å². The summed E-state index contributed by atoms with van der Waals surface area (Å²) in [5.74, 6) is 3.16. The molecule has 19 heavy (non-hydrogen) atoms. The molecule has 4 unspecified atom stereocenters. The van der Waals surface area contributed by atoms with Crippen molar-refractivity contribution in [1.82, 2.24) is 10.2 Å². The molecule has 0 radical (unpaired) electrons. The summed E-state index contributed by atoms with van der Waals surface area (Å²) in [6, 6.07) is 0.681. The molecule has 0 aromatic heterocycles. The molecule has 2 saturated carbocycles. The summed E-state index contributed by atoms with van der Waals surface area (Å²) in [5, 5.41) is 3.62. The van der Waals surface area contributed by atoms with Crippen LogP contribution in [-0.2, 0) is 0 Å². The molecule has 2 fully saturated rings. The molecule has 0 saturated heterocycles. The Bertz CT molecular complexity index is 254. The number of unbranched alkanes of at least 4 members (excludes halogenated alkanes) is 2. The van der Waals surface area contributed by atoms with Crippen molar-refractivity contribution in [2.45, 2.75) is 64.8 Å². The Morgan fingerprint density at radius 1 is 1.21 bits per heavy atom. The summed E-state index contributed by atoms with van der Waals surface area (Å²) in [4.78, 5) is 2.60. The van der Waals surface area contributed by atoms with Crippen molar-refractivity contribution in [3.8, 4) is 0 Å². The minimum absolute atomic E-state index is 0.681. The maximum atomic E-state index is 3.62. The first-order valence-corrected chi connectivity index (χ1v) is 8.61. The Balaban J connectivity index is 1.58. The van der Waals surface area contributed by atoms with E-state index in [1.807, 2.05) is 0 Å². The van der Waals surface area contributed by atoms with E-state index in [2.05, 4.69) is 31.1 Å². The Morgan fingerprint density at radius 2 is 2.05 bits per heavy atom. The third-order valence-electron chi connectivity index (χ3n) is 5.56. The molecule has 2 aliphatic carbocycles. The number of hydrogen-bond acceptors (Lipinski definition) is 2. The predicted octanol–water partition coefficient (Wildman–Crippen LogP) is 3.52. The van der Waals surface area contributed by atoms with Gasteiger partial charge in [-0.2, -0.15) is 0 Å². The molecule has 2 heteroatoms. The van der Waals surface area contributed by atoms with Gasteiger partial charge in [0.25, 0.3) is 0 Å². The van der Waals surface area contributed by atoms with Gasteiger partial charge in [0, 0.05) is 19.1 Å². The third kappa shape index (κ3) is 4.46. The first-order valence-electron chi connectivity index (χ1n) is 8.61. The van der Waals surface area contributed by atoms with E-state index in [9.17, 15) is 0 Å². The van der Waals surface area contributed by atoms with Crippen LogP contribution in [0.4, 0.5) is 0 Å². The van der Waals surface area contributed by atoms with Crippen LogP contribution in [0.1, 0.15) is 58.8 Å². The molecular formula is C17H34N2. The molecule has 0 aromatic carbocycles. The van der Waals surface area contributed by atoms with Gasteiger partial charge in [-0.15, -0.1) is 0 Å². The summed E-state index contributed by atoms with van der Waals surface area (Å²) < 4.78 is 0. The van der Waals surface area contributed by atoms with Gasteiger partial charge in [-0.25, -0.2) is 0 Å². The lowest BCUT2D eigenvalue weighted by Crippen LogP contribution is -2.41. The number of fused-ring (bicyclic) bond motifs is 2. The highest BCUT2D eigenvalue weighted by molar-refractivity contribution is 4.91. The molecule has 112 valence electrons. The fourth-order valence-electron chi connectivity index (χ4n) is 4.12. The van der Waals surface area contributed by atoms with Gasteiger partial charge in [0.15, 0.2) is 0 Å². The predicted molar refractivity (Wildman–Crippen MR) is 83.4 cm³/mol. The van der Waals surface area contributed by atoms with E-state index < -0.39 is 0 Å². The number of nitrogens with zero attached hydrogens (tertiary/aromatic N) is 1. The maximum absolute atomic E-state index is 3.62. The van der Waals surface area contributed by atoms with Crippen LogP contribution in [0.2, 0.25) is 0 Å². The Hall–Kier alpha value is -0.0800. The van der Waals surface area contributed by atoms with Crippen molar-refractivity contribution in [3.63, 3.8) is 0 Å². The van der Waals surface area contributed by atoms with Crippen LogP contribution in [0.25, 0.3) is 0 Å². The van der Waals surface area contributed by atoms with E-state index in [1.54, 1.807) is 6.42 Å². The summed E-state index contributed by atoms with van der Waals surface area (Å²) in [6.07, 6.45) is 10.1. The summed E-state index contributed by atoms with van der Waals surface area (Å²) in [5.41, 5.74) is 0. The van der Waals surface area contributed by atoms with Gasteiger partial charge in [-0.1, -0.05) is 26.2 Å². The fraction of sp³-hybridized carbons (Fsp3) is 1.00. The van der Waals surface area contributed by atoms with Crippen LogP contribution >= 0.6 is 0 Å². The van der Waals surface area contributed by atoms with Gasteiger partial charge in [0.1, 0.15) is 0 Å². The lowest BCUT2D eigenvalue weighted by molar-refractivity contribution is 0.178. The van der Waals surface area contributed by atoms with Crippen LogP contribution in [0, 0.1) is 17.8 Å². The first-order chi connectivity index (χ1) is 9.20. The van der Waals surface area contributed by atoms with Gasteiger partial charge in [-0.05, 0) is 64.0 Å². The third-order valence-corrected chi connectivity index (χ3v) is 5.56. The van der Waals surface area contributed by atoms with E-state index >= 15 is 0 Å². The van der Waals surface area contributed by atoms with Crippen LogP contribution in [0.5, 0.6) is 0 Å². The van der Waals surface area contributed by atoms with E-state index in [0.717, 1.165) is 24.3 Å². The zero-order valence-electron chi connectivity index (χ0n) is 13.3. The minimum Gasteiger partial charge on any atom is -0.315 e. The highest BCUT2D eigenvalue weighted by Crippen LogP contribution is 2.48. The Kier molecular flexibility index (Phi) is 6.15. The zero-order valence-corrected chi connectivity index (χ0v) is 13.3. The molecule has 4 atom stereocenters. The molecule has 0 aliphatic heterocycles. The van der Waals surface area contributed by atoms with Crippen molar-refractivity contribution in [2.24, 2.45) is 17.8 Å². The van der Waals surface area contributed by atoms with Crippen molar-refractivity contribution in [2.75, 3.05) is 26.7 Å². The Morgan fingerprint density at radius 3 is 2.68 bits per heavy atom. The van der Waals surface area contributed by atoms with Crippen molar-refractivity contribution >= 4 is 0 Å². The van der Waals surface area contributed by atoms with Gasteiger partial charge in [0.2, 0.25) is 0 Å². The van der Waals surface area contributed by atoms with E-state index in [0.29, 0.717) is 6.04 Å². The summed E-state index contributed by atoms with van der Waals surface area (Å²) in [6.45, 7) is 8.33. The van der Waals surface area contributed by atoms with Crippen molar-refractivity contribution in [3.05, 3.63) is 0 Å². The molecule has 2 nitrogen and oxygen atoms in total. The highest BCUT2D eigenvalue weighted by Gasteiger charge is 2.39. The second-order valence-electron chi connectivity index (χ2n) is 7.13. The largest absolute Gasteiger partial charge is 0.315 e. The average molecular weight is 266 g/mol. The molecule has 2 rings (SSSR count). The van der Waals surface area contributed by atoms with Crippen LogP contribution in [-0.4, -0.2) is 37.6 Å². The number of rotatable bonds is 9. The molecule has 1 N–H and O–H groups in total. The van der Waals surface area contributed by atoms with Gasteiger partial charge < -0.3 is 10.2 Å². The molecular weight excluding hydrogens is 232 g/mol. The number of likely N-dealkylation sites (N-methyl/N-ethyl adjacent to an activating group) is 1. The maximum Gasteiger partial charge on any atom is 0.0189 e. The molecule has 2 bridgehead atoms. The topological polar surface area (TPSA) is 15.3 Å². The van der Waals surface area contributed by atoms with Gasteiger partial charge >= 0.3 is 0 Å². The smallest absolute Gasteiger partial charge is 0.0189 e. The SMILES string of the molecule is CCCCCNCC(C)N(C)CC1CC2CCC1C2. The van der Waals surface area contributed by atoms with Crippen LogP contribution in [0.15, 0.2) is 0 Å². The van der Waals surface area contributed by atoms with Gasteiger partial charge in [0.05, 0.1) is 0 Å². The summed E-state index contributed by atoms with van der Waals surface area (Å²) >= 11 is 0. The zero-order chi connectivity index (χ0) is 13.7. The first kappa shape index (κ1) is 15.3. The summed E-state index contributed by atoms with van der Waals surface area (Å²) in [7, 11) is 2.32. The second-order valence-corrected chi connectivity index (χ2v) is 7.13. The normalized spacial score (nSPS) is 31.3. The van der Waals surface area contributed by atoms with E-state index in [1.165, 1.54) is 51.6 Å². The molecule has 2 aliphatic rings. The number of hydrogen-bond donors (Lipinski definition) is 1. The van der Waals surface area contributed by atoms with Crippen molar-refractivity contribution in [1.29, 1.82) is 0 Å². The second kappa shape index (κ2) is 7.64. The molecule has 0 amide bonds. The quantitative estimate of drug-likeness (QED) is 0.642. The number of nitrogens with one attached hydrogen (secondary N) is 1. The Labute approximate surface area is 120 Å². The molecule has 0 aromatic rings. The lowest BCUT2D eigenvalue weighted by atomic mass is 9.88. The van der Waals surface area contributed by atoms with Gasteiger partial charge in [-0.3, -0.25) is 0 Å². The molecule has 0 heterocycles.